The summed E-state index contributed by atoms with van der Waals surface area (Å²) in [6.45, 7) is 0. The van der Waals surface area contributed by atoms with Gasteiger partial charge in [-0.1, -0.05) is 0 Å². The Hall–Kier alpha value is -2.31. The topological polar surface area (TPSA) is 38.0 Å². The van der Waals surface area contributed by atoms with Crippen LogP contribution in [0.3, 0.4) is 0 Å². The average molecular weight is 288 g/mol. The van der Waals surface area contributed by atoms with Gasteiger partial charge >= 0.3 is 6.18 Å². The van der Waals surface area contributed by atoms with E-state index in [1.807, 2.05) is 0 Å². The van der Waals surface area contributed by atoms with Crippen LogP contribution in [0.1, 0.15) is 5.56 Å². The van der Waals surface area contributed by atoms with E-state index in [9.17, 15) is 22.0 Å². The zero-order valence-electron chi connectivity index (χ0n) is 9.93. The molecule has 20 heavy (non-hydrogen) atoms. The quantitative estimate of drug-likeness (QED) is 0.638. The second-order valence-electron chi connectivity index (χ2n) is 4.05. The van der Waals surface area contributed by atoms with Crippen molar-refractivity contribution >= 4 is 17.1 Å². The third-order valence-electron chi connectivity index (χ3n) is 2.57. The highest BCUT2D eigenvalue weighted by molar-refractivity contribution is 5.65. The number of benzene rings is 2. The molecule has 0 saturated carbocycles. The Morgan fingerprint density at radius 3 is 2.25 bits per heavy atom. The number of nitrogen functional groups attached to an aromatic ring is 1. The van der Waals surface area contributed by atoms with Crippen molar-refractivity contribution in [3.8, 4) is 0 Å². The Morgan fingerprint density at radius 2 is 1.65 bits per heavy atom. The lowest BCUT2D eigenvalue weighted by Gasteiger charge is -2.13. The Kier molecular flexibility index (Phi) is 3.52. The zero-order valence-corrected chi connectivity index (χ0v) is 9.93. The lowest BCUT2D eigenvalue weighted by Crippen LogP contribution is -2.09. The van der Waals surface area contributed by atoms with Gasteiger partial charge in [-0.3, -0.25) is 0 Å². The van der Waals surface area contributed by atoms with Gasteiger partial charge in [0.05, 0.1) is 11.3 Å². The summed E-state index contributed by atoms with van der Waals surface area (Å²) in [6, 6.07) is 5.81. The van der Waals surface area contributed by atoms with Crippen molar-refractivity contribution in [2.24, 2.45) is 0 Å². The number of alkyl halides is 3. The normalized spacial score (nSPS) is 11.4. The Morgan fingerprint density at radius 1 is 0.950 bits per heavy atom. The molecule has 0 heterocycles. The predicted octanol–water partition coefficient (Wildman–Crippen LogP) is 4.31. The number of hydrogen-bond acceptors (Lipinski definition) is 2. The zero-order chi connectivity index (χ0) is 14.9. The second-order valence-corrected chi connectivity index (χ2v) is 4.05. The standard InChI is InChI=1S/C13H9F5N2/c14-7-1-4-12(10(15)5-7)20-8-2-3-11(19)9(6-8)13(16,17)18/h1-6,20H,19H2. The van der Waals surface area contributed by atoms with E-state index in [0.717, 1.165) is 24.3 Å². The van der Waals surface area contributed by atoms with Crippen LogP contribution >= 0.6 is 0 Å². The van der Waals surface area contributed by atoms with Crippen LogP contribution in [0.4, 0.5) is 39.0 Å². The van der Waals surface area contributed by atoms with Crippen molar-refractivity contribution in [3.63, 3.8) is 0 Å². The fourth-order valence-electron chi connectivity index (χ4n) is 1.63. The minimum absolute atomic E-state index is 0.00275. The maximum absolute atomic E-state index is 13.4. The smallest absolute Gasteiger partial charge is 0.398 e. The highest BCUT2D eigenvalue weighted by Crippen LogP contribution is 2.35. The van der Waals surface area contributed by atoms with Gasteiger partial charge in [-0.2, -0.15) is 13.2 Å². The monoisotopic (exact) mass is 288 g/mol. The first kappa shape index (κ1) is 14.1. The number of hydrogen-bond donors (Lipinski definition) is 2. The van der Waals surface area contributed by atoms with Gasteiger partial charge in [0.15, 0.2) is 0 Å². The maximum Gasteiger partial charge on any atom is 0.418 e. The molecule has 2 nitrogen and oxygen atoms in total. The summed E-state index contributed by atoms with van der Waals surface area (Å²) >= 11 is 0. The van der Waals surface area contributed by atoms with Gasteiger partial charge in [0.25, 0.3) is 0 Å². The summed E-state index contributed by atoms with van der Waals surface area (Å²) in [7, 11) is 0. The van der Waals surface area contributed by atoms with E-state index in [0.29, 0.717) is 6.07 Å². The largest absolute Gasteiger partial charge is 0.418 e. The molecule has 2 aromatic rings. The molecule has 0 radical (unpaired) electrons. The van der Waals surface area contributed by atoms with Crippen molar-refractivity contribution < 1.29 is 22.0 Å². The molecule has 0 aliphatic rings. The molecule has 2 rings (SSSR count). The summed E-state index contributed by atoms with van der Waals surface area (Å²) < 4.78 is 64.1. The molecule has 106 valence electrons. The number of nitrogens with two attached hydrogens (primary N) is 1. The Labute approximate surface area is 111 Å². The molecular weight excluding hydrogens is 279 g/mol. The van der Waals surface area contributed by atoms with Crippen LogP contribution in [0.15, 0.2) is 36.4 Å². The molecule has 0 aliphatic carbocycles. The number of rotatable bonds is 2. The van der Waals surface area contributed by atoms with Crippen molar-refractivity contribution in [3.05, 3.63) is 53.6 Å². The van der Waals surface area contributed by atoms with Crippen LogP contribution in [-0.4, -0.2) is 0 Å². The molecule has 0 amide bonds. The maximum atomic E-state index is 13.4. The SMILES string of the molecule is Nc1ccc(Nc2ccc(F)cc2F)cc1C(F)(F)F. The van der Waals surface area contributed by atoms with Gasteiger partial charge in [0, 0.05) is 17.4 Å². The van der Waals surface area contributed by atoms with Crippen LogP contribution in [0.25, 0.3) is 0 Å². The van der Waals surface area contributed by atoms with E-state index in [1.54, 1.807) is 0 Å². The highest BCUT2D eigenvalue weighted by atomic mass is 19.4. The molecule has 7 heteroatoms. The number of halogens is 5. The fourth-order valence-corrected chi connectivity index (χ4v) is 1.63. The summed E-state index contributed by atoms with van der Waals surface area (Å²) in [5, 5.41) is 2.44. The lowest BCUT2D eigenvalue weighted by atomic mass is 10.1. The van der Waals surface area contributed by atoms with E-state index < -0.39 is 29.1 Å². The highest BCUT2D eigenvalue weighted by Gasteiger charge is 2.33. The van der Waals surface area contributed by atoms with Crippen LogP contribution in [0.5, 0.6) is 0 Å². The molecule has 0 aromatic heterocycles. The minimum atomic E-state index is -4.61. The molecule has 0 fully saturated rings. The summed E-state index contributed by atoms with van der Waals surface area (Å²) in [5.74, 6) is -1.68. The lowest BCUT2D eigenvalue weighted by molar-refractivity contribution is -0.136. The van der Waals surface area contributed by atoms with E-state index in [-0.39, 0.29) is 11.4 Å². The Bertz CT molecular complexity index is 637. The summed E-state index contributed by atoms with van der Waals surface area (Å²) in [5.41, 5.74) is 3.66. The summed E-state index contributed by atoms with van der Waals surface area (Å²) in [4.78, 5) is 0. The first-order valence-electron chi connectivity index (χ1n) is 5.46. The third kappa shape index (κ3) is 2.98. The molecular formula is C13H9F5N2. The van der Waals surface area contributed by atoms with E-state index in [1.165, 1.54) is 6.07 Å². The van der Waals surface area contributed by atoms with E-state index in [2.05, 4.69) is 5.32 Å². The van der Waals surface area contributed by atoms with Crippen molar-refractivity contribution in [2.45, 2.75) is 6.18 Å². The van der Waals surface area contributed by atoms with Crippen LogP contribution < -0.4 is 11.1 Å². The van der Waals surface area contributed by atoms with Crippen LogP contribution in [-0.2, 0) is 6.18 Å². The number of nitrogens with one attached hydrogen (secondary N) is 1. The average Bonchev–Trinajstić information content (AvgIpc) is 2.33. The van der Waals surface area contributed by atoms with E-state index >= 15 is 0 Å². The van der Waals surface area contributed by atoms with Gasteiger partial charge in [-0.25, -0.2) is 8.78 Å². The van der Waals surface area contributed by atoms with Gasteiger partial charge in [0.1, 0.15) is 11.6 Å². The first-order valence-corrected chi connectivity index (χ1v) is 5.46. The fraction of sp³-hybridized carbons (Fsp3) is 0.0769. The van der Waals surface area contributed by atoms with Gasteiger partial charge in [-0.05, 0) is 30.3 Å². The van der Waals surface area contributed by atoms with Gasteiger partial charge in [-0.15, -0.1) is 0 Å². The minimum Gasteiger partial charge on any atom is -0.398 e. The molecule has 0 saturated heterocycles. The van der Waals surface area contributed by atoms with Crippen molar-refractivity contribution in [1.82, 2.24) is 0 Å². The second kappa shape index (κ2) is 4.99. The third-order valence-corrected chi connectivity index (χ3v) is 2.57. The van der Waals surface area contributed by atoms with Crippen LogP contribution in [0, 0.1) is 11.6 Å². The molecule has 0 unspecified atom stereocenters. The van der Waals surface area contributed by atoms with Crippen molar-refractivity contribution in [2.75, 3.05) is 11.1 Å². The Balaban J connectivity index is 2.35. The molecule has 0 spiro atoms. The van der Waals surface area contributed by atoms with Crippen LogP contribution in [0.2, 0.25) is 0 Å². The molecule has 3 N–H and O–H groups in total. The molecule has 0 aliphatic heterocycles. The molecule has 0 bridgehead atoms. The molecule has 2 aromatic carbocycles. The first-order chi connectivity index (χ1) is 9.27. The predicted molar refractivity (Wildman–Crippen MR) is 65.5 cm³/mol. The van der Waals surface area contributed by atoms with Gasteiger partial charge in [0.2, 0.25) is 0 Å². The molecule has 0 atom stereocenters. The van der Waals surface area contributed by atoms with E-state index in [4.69, 9.17) is 5.73 Å². The number of anilines is 3. The van der Waals surface area contributed by atoms with Crippen molar-refractivity contribution in [1.29, 1.82) is 0 Å². The summed E-state index contributed by atoms with van der Waals surface area (Å²) in [6.07, 6.45) is -4.61. The van der Waals surface area contributed by atoms with Gasteiger partial charge < -0.3 is 11.1 Å².